The van der Waals surface area contributed by atoms with E-state index in [2.05, 4.69) is 4.84 Å². The molecule has 17 heavy (non-hydrogen) atoms. The molecule has 92 valence electrons. The van der Waals surface area contributed by atoms with Crippen molar-refractivity contribution in [3.8, 4) is 0 Å². The molecule has 0 N–H and O–H groups in total. The fraction of sp³-hybridized carbons (Fsp3) is 0.417. The average Bonchev–Trinajstić information content (AvgIpc) is 2.24. The largest absolute Gasteiger partial charge is 0.309 e. The van der Waals surface area contributed by atoms with E-state index in [1.807, 2.05) is 20.8 Å². The summed E-state index contributed by atoms with van der Waals surface area (Å²) < 4.78 is 0. The van der Waals surface area contributed by atoms with Gasteiger partial charge in [-0.1, -0.05) is 39.0 Å². The Morgan fingerprint density at radius 2 is 2.06 bits per heavy atom. The quantitative estimate of drug-likeness (QED) is 0.458. The number of nitrogens with zero attached hydrogens (tertiary/aromatic N) is 1. The molecule has 0 saturated carbocycles. The van der Waals surface area contributed by atoms with Gasteiger partial charge in [0.15, 0.2) is 5.78 Å². The predicted molar refractivity (Wildman–Crippen MR) is 62.0 cm³/mol. The summed E-state index contributed by atoms with van der Waals surface area (Å²) in [6.07, 6.45) is 0. The SMILES string of the molecule is CC(C)(C)C(=O)c1cccc(CO[N+](=O)[O-])c1. The van der Waals surface area contributed by atoms with Crippen molar-refractivity contribution < 1.29 is 14.7 Å². The number of rotatable bonds is 4. The summed E-state index contributed by atoms with van der Waals surface area (Å²) in [4.78, 5) is 26.3. The van der Waals surface area contributed by atoms with Crippen molar-refractivity contribution in [2.75, 3.05) is 0 Å². The molecule has 0 spiro atoms. The van der Waals surface area contributed by atoms with Crippen LogP contribution in [0.15, 0.2) is 24.3 Å². The average molecular weight is 237 g/mol. The molecule has 0 unspecified atom stereocenters. The first-order valence-corrected chi connectivity index (χ1v) is 5.22. The summed E-state index contributed by atoms with van der Waals surface area (Å²) in [5.41, 5.74) is 0.682. The van der Waals surface area contributed by atoms with E-state index in [1.54, 1.807) is 24.3 Å². The van der Waals surface area contributed by atoms with E-state index in [-0.39, 0.29) is 12.4 Å². The van der Waals surface area contributed by atoms with Crippen molar-refractivity contribution in [3.05, 3.63) is 45.5 Å². The summed E-state index contributed by atoms with van der Waals surface area (Å²) in [6, 6.07) is 6.70. The number of carbonyl (C=O) groups excluding carboxylic acids is 1. The third kappa shape index (κ3) is 3.86. The first kappa shape index (κ1) is 13.2. The molecular weight excluding hydrogens is 222 g/mol. The number of hydrogen-bond donors (Lipinski definition) is 0. The van der Waals surface area contributed by atoms with Gasteiger partial charge in [-0.05, 0) is 11.6 Å². The molecule has 5 heteroatoms. The van der Waals surface area contributed by atoms with Gasteiger partial charge in [0.1, 0.15) is 6.61 Å². The maximum atomic E-state index is 12.0. The molecule has 0 saturated heterocycles. The molecule has 0 bridgehead atoms. The Kier molecular flexibility index (Phi) is 3.83. The van der Waals surface area contributed by atoms with E-state index in [4.69, 9.17) is 0 Å². The number of hydrogen-bond acceptors (Lipinski definition) is 4. The molecule has 5 nitrogen and oxygen atoms in total. The number of benzene rings is 1. The highest BCUT2D eigenvalue weighted by Gasteiger charge is 2.22. The van der Waals surface area contributed by atoms with Gasteiger partial charge in [0, 0.05) is 11.0 Å². The first-order valence-electron chi connectivity index (χ1n) is 5.22. The Morgan fingerprint density at radius 3 is 2.59 bits per heavy atom. The Labute approximate surface area is 99.5 Å². The van der Waals surface area contributed by atoms with Crippen LogP contribution in [0.2, 0.25) is 0 Å². The second-order valence-electron chi connectivity index (χ2n) is 4.78. The van der Waals surface area contributed by atoms with Gasteiger partial charge in [0.2, 0.25) is 0 Å². The van der Waals surface area contributed by atoms with Crippen LogP contribution in [0, 0.1) is 15.5 Å². The summed E-state index contributed by atoms with van der Waals surface area (Å²) in [5.74, 6) is 0.000420. The normalized spacial score (nSPS) is 11.0. The minimum absolute atomic E-state index is 0.000420. The maximum absolute atomic E-state index is 12.0. The van der Waals surface area contributed by atoms with Crippen molar-refractivity contribution in [2.45, 2.75) is 27.4 Å². The predicted octanol–water partition coefficient (Wildman–Crippen LogP) is 2.62. The van der Waals surface area contributed by atoms with E-state index in [0.29, 0.717) is 11.1 Å². The molecule has 0 radical (unpaired) electrons. The third-order valence-electron chi connectivity index (χ3n) is 2.21. The van der Waals surface area contributed by atoms with Crippen molar-refractivity contribution in [3.63, 3.8) is 0 Å². The molecule has 0 aliphatic heterocycles. The lowest BCUT2D eigenvalue weighted by molar-refractivity contribution is -0.763. The van der Waals surface area contributed by atoms with Crippen molar-refractivity contribution in [2.24, 2.45) is 5.41 Å². The maximum Gasteiger partial charge on any atom is 0.294 e. The van der Waals surface area contributed by atoms with Crippen LogP contribution in [-0.2, 0) is 11.4 Å². The molecule has 0 aliphatic carbocycles. The molecule has 0 amide bonds. The van der Waals surface area contributed by atoms with Crippen LogP contribution in [0.5, 0.6) is 0 Å². The van der Waals surface area contributed by atoms with Crippen molar-refractivity contribution >= 4 is 5.78 Å². The highest BCUT2D eigenvalue weighted by atomic mass is 16.9. The number of ketones is 1. The van der Waals surface area contributed by atoms with Crippen molar-refractivity contribution in [1.29, 1.82) is 0 Å². The van der Waals surface area contributed by atoms with E-state index in [1.165, 1.54) is 0 Å². The summed E-state index contributed by atoms with van der Waals surface area (Å²) in [6.45, 7) is 5.35. The second kappa shape index (κ2) is 4.95. The minimum atomic E-state index is -0.849. The molecule has 0 aliphatic rings. The zero-order valence-corrected chi connectivity index (χ0v) is 10.1. The van der Waals surface area contributed by atoms with Gasteiger partial charge >= 0.3 is 0 Å². The molecule has 0 heterocycles. The van der Waals surface area contributed by atoms with Crippen LogP contribution in [0.3, 0.4) is 0 Å². The molecule has 1 rings (SSSR count). The Balaban J connectivity index is 2.86. The van der Waals surface area contributed by atoms with Gasteiger partial charge in [-0.15, -0.1) is 10.1 Å². The standard InChI is InChI=1S/C12H15NO4/c1-12(2,3)11(14)10-6-4-5-9(7-10)8-17-13(15)16/h4-7H,8H2,1-3H3. The Morgan fingerprint density at radius 1 is 1.41 bits per heavy atom. The van der Waals surface area contributed by atoms with Crippen LogP contribution in [0.1, 0.15) is 36.7 Å². The zero-order valence-electron chi connectivity index (χ0n) is 10.1. The van der Waals surface area contributed by atoms with E-state index < -0.39 is 10.5 Å². The fourth-order valence-corrected chi connectivity index (χ4v) is 1.36. The fourth-order valence-electron chi connectivity index (χ4n) is 1.36. The van der Waals surface area contributed by atoms with E-state index in [9.17, 15) is 14.9 Å². The molecule has 0 aromatic heterocycles. The Hall–Kier alpha value is -1.91. The van der Waals surface area contributed by atoms with Gasteiger partial charge in [0.05, 0.1) is 0 Å². The molecule has 0 fully saturated rings. The topological polar surface area (TPSA) is 69.4 Å². The Bertz CT molecular complexity index is 434. The third-order valence-corrected chi connectivity index (χ3v) is 2.21. The zero-order chi connectivity index (χ0) is 13.1. The van der Waals surface area contributed by atoms with Gasteiger partial charge in [-0.25, -0.2) is 0 Å². The van der Waals surface area contributed by atoms with E-state index in [0.717, 1.165) is 0 Å². The number of Topliss-reactive ketones (excluding diaryl/α,β-unsaturated/α-hetero) is 1. The second-order valence-corrected chi connectivity index (χ2v) is 4.78. The summed E-state index contributed by atoms with van der Waals surface area (Å²) in [5, 5.41) is 9.22. The lowest BCUT2D eigenvalue weighted by Crippen LogP contribution is -2.20. The van der Waals surface area contributed by atoms with Crippen LogP contribution >= 0.6 is 0 Å². The van der Waals surface area contributed by atoms with Gasteiger partial charge in [0.25, 0.3) is 5.09 Å². The van der Waals surface area contributed by atoms with E-state index >= 15 is 0 Å². The van der Waals surface area contributed by atoms with Crippen molar-refractivity contribution in [1.82, 2.24) is 0 Å². The highest BCUT2D eigenvalue weighted by Crippen LogP contribution is 2.21. The summed E-state index contributed by atoms with van der Waals surface area (Å²) in [7, 11) is 0. The highest BCUT2D eigenvalue weighted by molar-refractivity contribution is 5.99. The van der Waals surface area contributed by atoms with Crippen LogP contribution in [0.4, 0.5) is 0 Å². The lowest BCUT2D eigenvalue weighted by atomic mass is 9.86. The lowest BCUT2D eigenvalue weighted by Gasteiger charge is -2.16. The molecule has 0 atom stereocenters. The van der Waals surface area contributed by atoms with Gasteiger partial charge in [-0.2, -0.15) is 0 Å². The monoisotopic (exact) mass is 237 g/mol. The van der Waals surface area contributed by atoms with Gasteiger partial charge < -0.3 is 4.84 Å². The minimum Gasteiger partial charge on any atom is -0.309 e. The van der Waals surface area contributed by atoms with Crippen LogP contribution in [0.25, 0.3) is 0 Å². The first-order chi connectivity index (χ1) is 7.80. The summed E-state index contributed by atoms with van der Waals surface area (Å²) >= 11 is 0. The smallest absolute Gasteiger partial charge is 0.294 e. The molecule has 1 aromatic rings. The van der Waals surface area contributed by atoms with Crippen LogP contribution in [-0.4, -0.2) is 10.9 Å². The molecular formula is C12H15NO4. The van der Waals surface area contributed by atoms with Gasteiger partial charge in [-0.3, -0.25) is 4.79 Å². The van der Waals surface area contributed by atoms with Crippen LogP contribution < -0.4 is 0 Å². The molecule has 1 aromatic carbocycles. The number of carbonyl (C=O) groups is 1.